The van der Waals surface area contributed by atoms with Gasteiger partial charge in [0.05, 0.1) is 27.7 Å². The zero-order chi connectivity index (χ0) is 31.7. The van der Waals surface area contributed by atoms with E-state index in [9.17, 15) is 23.8 Å². The number of nitrogens with zero attached hydrogens (tertiary/aromatic N) is 1. The number of rotatable bonds is 28. The highest BCUT2D eigenvalue weighted by Crippen LogP contribution is 2.43. The van der Waals surface area contributed by atoms with E-state index in [1.807, 2.05) is 28.1 Å². The molecule has 0 aromatic heterocycles. The van der Waals surface area contributed by atoms with Gasteiger partial charge in [-0.25, -0.2) is 4.57 Å². The maximum Gasteiger partial charge on any atom is 0.472 e. The fourth-order valence-corrected chi connectivity index (χ4v) is 4.73. The molecule has 0 bridgehead atoms. The normalized spacial score (nSPS) is 14.0. The van der Waals surface area contributed by atoms with Gasteiger partial charge in [-0.1, -0.05) is 97.0 Å². The van der Waals surface area contributed by atoms with Gasteiger partial charge in [0.2, 0.25) is 0 Å². The van der Waals surface area contributed by atoms with E-state index in [2.05, 4.69) is 6.92 Å². The number of quaternary nitrogens is 1. The SMILES string of the molecule is CC/C=C/C(=O)CC(=O)O[C@H](COC(=O)CCCCCCCCCCCCCCC)COP(=O)(O)OCC[N+](C)(C)C. The van der Waals surface area contributed by atoms with Crippen molar-refractivity contribution in [2.24, 2.45) is 0 Å². The van der Waals surface area contributed by atoms with Crippen molar-refractivity contribution in [1.82, 2.24) is 0 Å². The van der Waals surface area contributed by atoms with Crippen LogP contribution < -0.4 is 0 Å². The quantitative estimate of drug-likeness (QED) is 0.0254. The molecule has 1 unspecified atom stereocenters. The highest BCUT2D eigenvalue weighted by Gasteiger charge is 2.27. The lowest BCUT2D eigenvalue weighted by atomic mass is 10.0. The number of ether oxygens (including phenoxy) is 2. The number of likely N-dealkylation sites (N-methyl/N-ethyl adjacent to an activating group) is 1. The van der Waals surface area contributed by atoms with Crippen LogP contribution in [0, 0.1) is 0 Å². The van der Waals surface area contributed by atoms with Crippen LogP contribution in [0.3, 0.4) is 0 Å². The number of hydrogen-bond acceptors (Lipinski definition) is 8. The summed E-state index contributed by atoms with van der Waals surface area (Å²) in [6, 6.07) is 0. The van der Waals surface area contributed by atoms with E-state index in [0.29, 0.717) is 23.9 Å². The minimum absolute atomic E-state index is 0.0197. The smallest absolute Gasteiger partial charge is 0.462 e. The van der Waals surface area contributed by atoms with Gasteiger partial charge in [0.25, 0.3) is 0 Å². The minimum atomic E-state index is -4.43. The predicted octanol–water partition coefficient (Wildman–Crippen LogP) is 6.69. The Labute approximate surface area is 254 Å². The summed E-state index contributed by atoms with van der Waals surface area (Å²) < 4.78 is 33.3. The van der Waals surface area contributed by atoms with Crippen LogP contribution in [-0.4, -0.2) is 80.7 Å². The molecule has 0 aromatic rings. The Bertz CT molecular complexity index is 811. The monoisotopic (exact) mass is 620 g/mol. The van der Waals surface area contributed by atoms with Crippen LogP contribution in [0.2, 0.25) is 0 Å². The van der Waals surface area contributed by atoms with Gasteiger partial charge < -0.3 is 18.9 Å². The molecule has 42 heavy (non-hydrogen) atoms. The fourth-order valence-electron chi connectivity index (χ4n) is 3.98. The van der Waals surface area contributed by atoms with Crippen LogP contribution in [-0.2, 0) is 37.5 Å². The molecule has 11 heteroatoms. The Balaban J connectivity index is 4.45. The molecule has 0 rings (SSSR count). The molecule has 1 N–H and O–H groups in total. The van der Waals surface area contributed by atoms with Crippen molar-refractivity contribution in [3.05, 3.63) is 12.2 Å². The third kappa shape index (κ3) is 27.3. The molecular formula is C31H59NO9P+. The molecule has 0 saturated carbocycles. The van der Waals surface area contributed by atoms with E-state index < -0.39 is 44.7 Å². The number of carbonyl (C=O) groups is 3. The van der Waals surface area contributed by atoms with Gasteiger partial charge in [-0.2, -0.15) is 0 Å². The molecule has 0 aliphatic rings. The van der Waals surface area contributed by atoms with Gasteiger partial charge >= 0.3 is 19.8 Å². The highest BCUT2D eigenvalue weighted by molar-refractivity contribution is 7.47. The third-order valence-corrected chi connectivity index (χ3v) is 7.50. The number of esters is 2. The molecule has 246 valence electrons. The van der Waals surface area contributed by atoms with E-state index >= 15 is 0 Å². The number of hydrogen-bond donors (Lipinski definition) is 1. The molecule has 0 aromatic carbocycles. The van der Waals surface area contributed by atoms with E-state index in [4.69, 9.17) is 18.5 Å². The van der Waals surface area contributed by atoms with Gasteiger partial charge in [0.15, 0.2) is 11.9 Å². The van der Waals surface area contributed by atoms with Crippen LogP contribution in [0.25, 0.3) is 0 Å². The molecule has 0 saturated heterocycles. The zero-order valence-electron chi connectivity index (χ0n) is 27.0. The molecule has 0 amide bonds. The first-order valence-electron chi connectivity index (χ1n) is 15.8. The maximum absolute atomic E-state index is 12.3. The van der Waals surface area contributed by atoms with E-state index in [1.165, 1.54) is 63.9 Å². The second-order valence-corrected chi connectivity index (χ2v) is 13.3. The molecule has 2 atom stereocenters. The van der Waals surface area contributed by atoms with Gasteiger partial charge in [0.1, 0.15) is 26.2 Å². The number of unbranched alkanes of at least 4 members (excludes halogenated alkanes) is 12. The number of ketones is 1. The van der Waals surface area contributed by atoms with Crippen molar-refractivity contribution >= 4 is 25.5 Å². The molecule has 0 aliphatic carbocycles. The van der Waals surface area contributed by atoms with Crippen LogP contribution in [0.15, 0.2) is 12.2 Å². The topological polar surface area (TPSA) is 125 Å². The van der Waals surface area contributed by atoms with Gasteiger partial charge in [-0.15, -0.1) is 0 Å². The van der Waals surface area contributed by atoms with Crippen molar-refractivity contribution in [3.63, 3.8) is 0 Å². The number of phosphoric acid groups is 1. The van der Waals surface area contributed by atoms with E-state index in [1.54, 1.807) is 6.08 Å². The standard InChI is InChI=1S/C31H58NO9P/c1-6-8-10-11-12-13-14-15-16-17-18-19-20-22-30(34)38-26-29(41-31(35)25-28(33)21-9-7-2)27-40-42(36,37)39-24-23-32(3,4)5/h9,21,29H,6-8,10-20,22-27H2,1-5H3/p+1/b21-9+/t29-/m1/s1. The lowest BCUT2D eigenvalue weighted by Crippen LogP contribution is -2.37. The summed E-state index contributed by atoms with van der Waals surface area (Å²) in [7, 11) is 1.29. The average Bonchev–Trinajstić information content (AvgIpc) is 2.90. The Morgan fingerprint density at radius 3 is 1.86 bits per heavy atom. The third-order valence-electron chi connectivity index (χ3n) is 6.51. The lowest BCUT2D eigenvalue weighted by molar-refractivity contribution is -0.870. The summed E-state index contributed by atoms with van der Waals surface area (Å²) >= 11 is 0. The van der Waals surface area contributed by atoms with Crippen LogP contribution in [0.1, 0.15) is 117 Å². The van der Waals surface area contributed by atoms with Gasteiger partial charge in [0, 0.05) is 6.42 Å². The molecule has 0 radical (unpaired) electrons. The first kappa shape index (κ1) is 40.4. The minimum Gasteiger partial charge on any atom is -0.462 e. The molecule has 10 nitrogen and oxygen atoms in total. The van der Waals surface area contributed by atoms with Crippen LogP contribution in [0.5, 0.6) is 0 Å². The van der Waals surface area contributed by atoms with Crippen molar-refractivity contribution in [3.8, 4) is 0 Å². The Morgan fingerprint density at radius 2 is 1.33 bits per heavy atom. The van der Waals surface area contributed by atoms with Crippen molar-refractivity contribution in [1.29, 1.82) is 0 Å². The zero-order valence-corrected chi connectivity index (χ0v) is 27.9. The van der Waals surface area contributed by atoms with E-state index in [0.717, 1.165) is 19.3 Å². The molecule has 0 aliphatic heterocycles. The summed E-state index contributed by atoms with van der Waals surface area (Å²) in [6.07, 6.45) is 17.8. The van der Waals surface area contributed by atoms with Gasteiger partial charge in [-0.3, -0.25) is 23.4 Å². The van der Waals surface area contributed by atoms with Crippen LogP contribution >= 0.6 is 7.82 Å². The number of allylic oxidation sites excluding steroid dienone is 2. The summed E-state index contributed by atoms with van der Waals surface area (Å²) in [4.78, 5) is 46.4. The van der Waals surface area contributed by atoms with Crippen molar-refractivity contribution < 1.29 is 46.8 Å². The van der Waals surface area contributed by atoms with Crippen molar-refractivity contribution in [2.75, 3.05) is 47.5 Å². The largest absolute Gasteiger partial charge is 0.472 e. The number of carbonyl (C=O) groups excluding carboxylic acids is 3. The summed E-state index contributed by atoms with van der Waals surface area (Å²) in [5.74, 6) is -1.73. The van der Waals surface area contributed by atoms with Gasteiger partial charge in [-0.05, 0) is 18.9 Å². The second kappa shape index (κ2) is 24.8. The maximum atomic E-state index is 12.3. The Kier molecular flexibility index (Phi) is 23.9. The molecule has 0 fully saturated rings. The molecule has 0 heterocycles. The predicted molar refractivity (Wildman–Crippen MR) is 165 cm³/mol. The lowest BCUT2D eigenvalue weighted by Gasteiger charge is -2.24. The average molecular weight is 621 g/mol. The summed E-state index contributed by atoms with van der Waals surface area (Å²) in [6.45, 7) is 3.65. The van der Waals surface area contributed by atoms with E-state index in [-0.39, 0.29) is 19.6 Å². The molecular weight excluding hydrogens is 561 g/mol. The number of phosphoric ester groups is 1. The highest BCUT2D eigenvalue weighted by atomic mass is 31.2. The van der Waals surface area contributed by atoms with Crippen molar-refractivity contribution in [2.45, 2.75) is 123 Å². The fraction of sp³-hybridized carbons (Fsp3) is 0.839. The first-order chi connectivity index (χ1) is 19.9. The molecule has 0 spiro atoms. The van der Waals surface area contributed by atoms with Crippen LogP contribution in [0.4, 0.5) is 0 Å². The Hall–Kier alpha value is -1.58. The first-order valence-corrected chi connectivity index (χ1v) is 17.3. The second-order valence-electron chi connectivity index (χ2n) is 11.9. The Morgan fingerprint density at radius 1 is 0.786 bits per heavy atom. The summed E-state index contributed by atoms with van der Waals surface area (Å²) in [5.41, 5.74) is 0. The summed E-state index contributed by atoms with van der Waals surface area (Å²) in [5, 5.41) is 0.